The topological polar surface area (TPSA) is 102 Å². The fraction of sp³-hybridized carbons (Fsp3) is 0.286. The van der Waals surface area contributed by atoms with E-state index in [0.717, 1.165) is 16.8 Å². The molecule has 1 saturated heterocycles. The molecule has 39 heavy (non-hydrogen) atoms. The van der Waals surface area contributed by atoms with Gasteiger partial charge in [0.1, 0.15) is 5.52 Å². The summed E-state index contributed by atoms with van der Waals surface area (Å²) in [6.45, 7) is 3.36. The van der Waals surface area contributed by atoms with Crippen LogP contribution in [-0.4, -0.2) is 77.5 Å². The number of hydrogen-bond donors (Lipinski definition) is 1. The first kappa shape index (κ1) is 26.4. The summed E-state index contributed by atoms with van der Waals surface area (Å²) in [5, 5.41) is 2.40. The van der Waals surface area contributed by atoms with Gasteiger partial charge in [0.15, 0.2) is 22.4 Å². The summed E-state index contributed by atoms with van der Waals surface area (Å²) in [7, 11) is 4.87. The van der Waals surface area contributed by atoms with Crippen molar-refractivity contribution >= 4 is 40.1 Å². The van der Waals surface area contributed by atoms with Crippen LogP contribution in [0.3, 0.4) is 0 Å². The van der Waals surface area contributed by atoms with Crippen LogP contribution in [0.1, 0.15) is 5.56 Å². The van der Waals surface area contributed by atoms with E-state index in [-0.39, 0.29) is 5.95 Å². The number of benzene rings is 2. The molecule has 4 aromatic rings. The van der Waals surface area contributed by atoms with Gasteiger partial charge in [0, 0.05) is 31.7 Å². The Morgan fingerprint density at radius 3 is 2.33 bits per heavy atom. The van der Waals surface area contributed by atoms with Crippen LogP contribution in [0.15, 0.2) is 60.7 Å². The van der Waals surface area contributed by atoms with E-state index >= 15 is 0 Å². The number of anilines is 2. The number of nitrogens with zero attached hydrogens (tertiary/aromatic N) is 6. The number of hydroxylamine groups is 2. The summed E-state index contributed by atoms with van der Waals surface area (Å²) >= 11 is 5.79. The minimum Gasteiger partial charge on any atom is -0.493 e. The Kier molecular flexibility index (Phi) is 7.89. The molecular weight excluding hydrogens is 514 g/mol. The first-order chi connectivity index (χ1) is 19.0. The Morgan fingerprint density at radius 2 is 1.64 bits per heavy atom. The van der Waals surface area contributed by atoms with Gasteiger partial charge >= 0.3 is 0 Å². The number of hydrogen-bond acceptors (Lipinski definition) is 9. The number of methoxy groups -OCH3 is 2. The molecule has 0 radical (unpaired) electrons. The summed E-state index contributed by atoms with van der Waals surface area (Å²) in [4.78, 5) is 23.9. The van der Waals surface area contributed by atoms with Crippen LogP contribution in [0.25, 0.3) is 22.3 Å². The van der Waals surface area contributed by atoms with E-state index in [1.165, 1.54) is 0 Å². The van der Waals surface area contributed by atoms with Crippen LogP contribution in [0, 0.1) is 0 Å². The molecule has 2 aromatic carbocycles. The van der Waals surface area contributed by atoms with Gasteiger partial charge in [-0.3, -0.25) is 4.84 Å². The molecule has 1 aliphatic rings. The smallest absolute Gasteiger partial charge is 0.222 e. The van der Waals surface area contributed by atoms with E-state index < -0.39 is 0 Å². The van der Waals surface area contributed by atoms with Crippen molar-refractivity contribution in [3.8, 4) is 22.8 Å². The van der Waals surface area contributed by atoms with Crippen molar-refractivity contribution < 1.29 is 14.3 Å². The van der Waals surface area contributed by atoms with Crippen molar-refractivity contribution in [1.82, 2.24) is 24.9 Å². The molecule has 5 rings (SSSR count). The van der Waals surface area contributed by atoms with Crippen LogP contribution in [-0.2, 0) is 11.4 Å². The third-order valence-electron chi connectivity index (χ3n) is 6.67. The molecule has 2 aromatic heterocycles. The molecule has 202 valence electrons. The van der Waals surface area contributed by atoms with Gasteiger partial charge in [-0.25, -0.2) is 15.0 Å². The molecule has 1 aliphatic heterocycles. The van der Waals surface area contributed by atoms with Crippen molar-refractivity contribution in [3.05, 3.63) is 66.2 Å². The van der Waals surface area contributed by atoms with Crippen LogP contribution in [0.5, 0.6) is 11.5 Å². The van der Waals surface area contributed by atoms with Crippen molar-refractivity contribution in [2.75, 3.05) is 58.1 Å². The summed E-state index contributed by atoms with van der Waals surface area (Å²) in [6.07, 6.45) is 0. The zero-order chi connectivity index (χ0) is 27.4. The highest BCUT2D eigenvalue weighted by molar-refractivity contribution is 7.80. The molecule has 3 heterocycles. The molecule has 1 fully saturated rings. The SMILES string of the molecule is COc1ccc(-c2ccc3nc(N)nc(N4CCN(C(=S)N(Cc5ccccc5)OC)CC4)c3n2)cc1OC. The average Bonchev–Trinajstić information content (AvgIpc) is 2.99. The quantitative estimate of drug-likeness (QED) is 0.271. The van der Waals surface area contributed by atoms with Gasteiger partial charge in [0.2, 0.25) is 5.95 Å². The summed E-state index contributed by atoms with van der Waals surface area (Å²) in [5.41, 5.74) is 10.3. The fourth-order valence-corrected chi connectivity index (χ4v) is 4.94. The maximum Gasteiger partial charge on any atom is 0.222 e. The molecule has 10 nitrogen and oxygen atoms in total. The highest BCUT2D eigenvalue weighted by Gasteiger charge is 2.25. The van der Waals surface area contributed by atoms with Crippen LogP contribution >= 0.6 is 12.2 Å². The maximum atomic E-state index is 6.10. The number of ether oxygens (including phenoxy) is 2. The summed E-state index contributed by atoms with van der Waals surface area (Å²) < 4.78 is 10.9. The van der Waals surface area contributed by atoms with E-state index in [4.69, 9.17) is 37.2 Å². The Bertz CT molecular complexity index is 1460. The number of nitrogen functional groups attached to an aromatic ring is 1. The molecular formula is C28H31N7O3S. The summed E-state index contributed by atoms with van der Waals surface area (Å²) in [5.74, 6) is 2.21. The third-order valence-corrected chi connectivity index (χ3v) is 7.13. The first-order valence-corrected chi connectivity index (χ1v) is 13.0. The molecule has 0 spiro atoms. The van der Waals surface area contributed by atoms with E-state index in [0.29, 0.717) is 66.2 Å². The Morgan fingerprint density at radius 1 is 0.897 bits per heavy atom. The Hall–Kier alpha value is -4.22. The van der Waals surface area contributed by atoms with Crippen molar-refractivity contribution in [3.63, 3.8) is 0 Å². The number of piperazine rings is 1. The number of pyridine rings is 1. The second-order valence-corrected chi connectivity index (χ2v) is 9.37. The second-order valence-electron chi connectivity index (χ2n) is 9.00. The predicted molar refractivity (Wildman–Crippen MR) is 156 cm³/mol. The van der Waals surface area contributed by atoms with E-state index in [1.54, 1.807) is 26.4 Å². The van der Waals surface area contributed by atoms with Gasteiger partial charge < -0.3 is 25.0 Å². The van der Waals surface area contributed by atoms with E-state index in [1.807, 2.05) is 48.5 Å². The van der Waals surface area contributed by atoms with Gasteiger partial charge in [-0.05, 0) is 48.1 Å². The van der Waals surface area contributed by atoms with Crippen LogP contribution in [0.4, 0.5) is 11.8 Å². The molecule has 11 heteroatoms. The molecule has 0 amide bonds. The molecule has 0 bridgehead atoms. The number of fused-ring (bicyclic) bond motifs is 1. The van der Waals surface area contributed by atoms with E-state index in [2.05, 4.69) is 31.9 Å². The van der Waals surface area contributed by atoms with Crippen molar-refractivity contribution in [2.45, 2.75) is 6.54 Å². The lowest BCUT2D eigenvalue weighted by atomic mass is 10.1. The van der Waals surface area contributed by atoms with Gasteiger partial charge in [-0.1, -0.05) is 30.3 Å². The maximum absolute atomic E-state index is 6.10. The van der Waals surface area contributed by atoms with Crippen LogP contribution in [0.2, 0.25) is 0 Å². The van der Waals surface area contributed by atoms with Gasteiger partial charge in [-0.2, -0.15) is 4.98 Å². The predicted octanol–water partition coefficient (Wildman–Crippen LogP) is 3.76. The molecule has 0 saturated carbocycles. The standard InChI is InChI=1S/C28H31N7O3S/c1-36-23-12-9-20(17-24(23)37-2)21-10-11-22-25(30-21)26(32-27(29)31-22)33-13-15-34(16-14-33)28(39)35(38-3)18-19-7-5-4-6-8-19/h4-12,17H,13-16,18H2,1-3H3,(H2,29,31,32). The monoisotopic (exact) mass is 545 g/mol. The van der Waals surface area contributed by atoms with Gasteiger partial charge in [-0.15, -0.1) is 0 Å². The Balaban J connectivity index is 1.36. The minimum absolute atomic E-state index is 0.213. The number of aromatic nitrogens is 3. The second kappa shape index (κ2) is 11.7. The number of rotatable bonds is 7. The van der Waals surface area contributed by atoms with E-state index in [9.17, 15) is 0 Å². The molecule has 0 aliphatic carbocycles. The van der Waals surface area contributed by atoms with Crippen LogP contribution < -0.4 is 20.1 Å². The average molecular weight is 546 g/mol. The van der Waals surface area contributed by atoms with Crippen molar-refractivity contribution in [2.24, 2.45) is 0 Å². The first-order valence-electron chi connectivity index (χ1n) is 12.6. The molecule has 0 atom stereocenters. The molecule has 2 N–H and O–H groups in total. The summed E-state index contributed by atoms with van der Waals surface area (Å²) in [6, 6.07) is 19.7. The van der Waals surface area contributed by atoms with Crippen molar-refractivity contribution in [1.29, 1.82) is 0 Å². The third kappa shape index (κ3) is 5.64. The zero-order valence-corrected chi connectivity index (χ0v) is 23.0. The lowest BCUT2D eigenvalue weighted by molar-refractivity contribution is -0.0796. The molecule has 0 unspecified atom stereocenters. The fourth-order valence-electron chi connectivity index (χ4n) is 4.62. The zero-order valence-electron chi connectivity index (χ0n) is 22.2. The lowest BCUT2D eigenvalue weighted by Gasteiger charge is -2.39. The van der Waals surface area contributed by atoms with Gasteiger partial charge in [0.05, 0.1) is 39.1 Å². The normalized spacial score (nSPS) is 13.4. The highest BCUT2D eigenvalue weighted by atomic mass is 32.1. The minimum atomic E-state index is 0.213. The lowest BCUT2D eigenvalue weighted by Crippen LogP contribution is -2.52. The van der Waals surface area contributed by atoms with Gasteiger partial charge in [0.25, 0.3) is 0 Å². The highest BCUT2D eigenvalue weighted by Crippen LogP contribution is 2.33. The largest absolute Gasteiger partial charge is 0.493 e. The Labute approximate surface area is 232 Å². The number of nitrogens with two attached hydrogens (primary N) is 1. The number of thiocarbonyl (C=S) groups is 1.